The first-order chi connectivity index (χ1) is 9.29. The van der Waals surface area contributed by atoms with E-state index in [1.807, 2.05) is 19.2 Å². The standard InChI is InChI=1S/C16H23NO2/c1-19-12-5-4-10-17(11-12)15-8-2-7-14-13(15)6-3-9-16(14)18/h3,6,9,12,15,18H,2,4-5,7-8,10-11H2,1H3. The first-order valence-electron chi connectivity index (χ1n) is 7.37. The number of likely N-dealkylation sites (tertiary alicyclic amines) is 1. The molecule has 1 aliphatic carbocycles. The molecule has 3 rings (SSSR count). The molecule has 0 saturated carbocycles. The van der Waals surface area contributed by atoms with Gasteiger partial charge in [-0.05, 0) is 55.8 Å². The average molecular weight is 261 g/mol. The molecule has 1 N–H and O–H groups in total. The summed E-state index contributed by atoms with van der Waals surface area (Å²) < 4.78 is 5.53. The van der Waals surface area contributed by atoms with Crippen molar-refractivity contribution in [2.24, 2.45) is 0 Å². The predicted molar refractivity (Wildman–Crippen MR) is 75.4 cm³/mol. The summed E-state index contributed by atoms with van der Waals surface area (Å²) in [5, 5.41) is 10.0. The number of hydrogen-bond donors (Lipinski definition) is 1. The van der Waals surface area contributed by atoms with E-state index < -0.39 is 0 Å². The number of hydrogen-bond acceptors (Lipinski definition) is 3. The van der Waals surface area contributed by atoms with E-state index in [0.717, 1.165) is 19.5 Å². The lowest BCUT2D eigenvalue weighted by Crippen LogP contribution is -2.42. The van der Waals surface area contributed by atoms with Crippen LogP contribution < -0.4 is 0 Å². The van der Waals surface area contributed by atoms with Gasteiger partial charge in [-0.15, -0.1) is 0 Å². The average Bonchev–Trinajstić information content (AvgIpc) is 2.47. The number of phenolic OH excluding ortho intramolecular Hbond substituents is 1. The number of piperidine rings is 1. The number of ether oxygens (including phenoxy) is 1. The quantitative estimate of drug-likeness (QED) is 0.888. The van der Waals surface area contributed by atoms with E-state index in [9.17, 15) is 5.11 Å². The number of methoxy groups -OCH3 is 1. The summed E-state index contributed by atoms with van der Waals surface area (Å²) >= 11 is 0. The van der Waals surface area contributed by atoms with Crippen LogP contribution in [0.25, 0.3) is 0 Å². The number of aromatic hydroxyl groups is 1. The summed E-state index contributed by atoms with van der Waals surface area (Å²) in [6.45, 7) is 2.18. The highest BCUT2D eigenvalue weighted by Crippen LogP contribution is 2.39. The van der Waals surface area contributed by atoms with Crippen LogP contribution in [0, 0.1) is 0 Å². The normalized spacial score (nSPS) is 28.1. The van der Waals surface area contributed by atoms with Gasteiger partial charge >= 0.3 is 0 Å². The van der Waals surface area contributed by atoms with Crippen molar-refractivity contribution < 1.29 is 9.84 Å². The maximum absolute atomic E-state index is 10.0. The SMILES string of the molecule is COC1CCCN(C2CCCc3c(O)cccc32)C1. The summed E-state index contributed by atoms with van der Waals surface area (Å²) in [7, 11) is 1.81. The highest BCUT2D eigenvalue weighted by Gasteiger charge is 2.30. The molecule has 2 atom stereocenters. The van der Waals surface area contributed by atoms with Gasteiger partial charge in [-0.25, -0.2) is 0 Å². The van der Waals surface area contributed by atoms with Gasteiger partial charge in [0.25, 0.3) is 0 Å². The van der Waals surface area contributed by atoms with Crippen LogP contribution in [0.5, 0.6) is 5.75 Å². The smallest absolute Gasteiger partial charge is 0.119 e. The lowest BCUT2D eigenvalue weighted by atomic mass is 9.85. The summed E-state index contributed by atoms with van der Waals surface area (Å²) in [4.78, 5) is 2.55. The Labute approximate surface area is 115 Å². The molecule has 104 valence electrons. The van der Waals surface area contributed by atoms with E-state index in [2.05, 4.69) is 11.0 Å². The van der Waals surface area contributed by atoms with Gasteiger partial charge in [-0.1, -0.05) is 12.1 Å². The van der Waals surface area contributed by atoms with E-state index in [4.69, 9.17) is 4.74 Å². The molecule has 1 aromatic rings. The minimum Gasteiger partial charge on any atom is -0.508 e. The topological polar surface area (TPSA) is 32.7 Å². The first kappa shape index (κ1) is 12.9. The molecular weight excluding hydrogens is 238 g/mol. The summed E-state index contributed by atoms with van der Waals surface area (Å²) in [6.07, 6.45) is 6.14. The molecule has 0 amide bonds. The molecule has 2 aliphatic rings. The van der Waals surface area contributed by atoms with Crippen LogP contribution in [0.15, 0.2) is 18.2 Å². The van der Waals surface area contributed by atoms with E-state index in [0.29, 0.717) is 17.9 Å². The maximum Gasteiger partial charge on any atom is 0.119 e. The summed E-state index contributed by atoms with van der Waals surface area (Å²) in [6, 6.07) is 6.45. The van der Waals surface area contributed by atoms with Crippen molar-refractivity contribution >= 4 is 0 Å². The lowest BCUT2D eigenvalue weighted by Gasteiger charge is -2.40. The van der Waals surface area contributed by atoms with Crippen molar-refractivity contribution in [3.8, 4) is 5.75 Å². The van der Waals surface area contributed by atoms with E-state index in [-0.39, 0.29) is 0 Å². The van der Waals surface area contributed by atoms with E-state index in [1.54, 1.807) is 0 Å². The van der Waals surface area contributed by atoms with Crippen LogP contribution in [-0.2, 0) is 11.2 Å². The van der Waals surface area contributed by atoms with Gasteiger partial charge in [-0.2, -0.15) is 0 Å². The lowest BCUT2D eigenvalue weighted by molar-refractivity contribution is 0.0109. The van der Waals surface area contributed by atoms with Crippen molar-refractivity contribution in [1.29, 1.82) is 0 Å². The second-order valence-electron chi connectivity index (χ2n) is 5.75. The fraction of sp³-hybridized carbons (Fsp3) is 0.625. The van der Waals surface area contributed by atoms with Gasteiger partial charge in [0.05, 0.1) is 6.10 Å². The Morgan fingerprint density at radius 3 is 3.00 bits per heavy atom. The molecule has 1 heterocycles. The minimum absolute atomic E-state index is 0.372. The van der Waals surface area contributed by atoms with Gasteiger partial charge in [-0.3, -0.25) is 4.90 Å². The first-order valence-corrected chi connectivity index (χ1v) is 7.37. The van der Waals surface area contributed by atoms with Crippen molar-refractivity contribution in [2.45, 2.75) is 44.2 Å². The molecule has 1 aliphatic heterocycles. The van der Waals surface area contributed by atoms with Gasteiger partial charge < -0.3 is 9.84 Å². The van der Waals surface area contributed by atoms with Crippen LogP contribution in [-0.4, -0.2) is 36.3 Å². The number of phenols is 1. The number of benzene rings is 1. The Morgan fingerprint density at radius 1 is 1.26 bits per heavy atom. The Kier molecular flexibility index (Phi) is 3.76. The zero-order chi connectivity index (χ0) is 13.2. The molecule has 3 heteroatoms. The monoisotopic (exact) mass is 261 g/mol. The summed E-state index contributed by atoms with van der Waals surface area (Å²) in [5.41, 5.74) is 2.50. The second-order valence-corrected chi connectivity index (χ2v) is 5.75. The minimum atomic E-state index is 0.372. The third-order valence-electron chi connectivity index (χ3n) is 4.63. The van der Waals surface area contributed by atoms with Crippen molar-refractivity contribution in [3.05, 3.63) is 29.3 Å². The van der Waals surface area contributed by atoms with Crippen molar-refractivity contribution in [2.75, 3.05) is 20.2 Å². The van der Waals surface area contributed by atoms with Crippen molar-refractivity contribution in [3.63, 3.8) is 0 Å². The molecule has 3 nitrogen and oxygen atoms in total. The molecule has 1 aromatic carbocycles. The van der Waals surface area contributed by atoms with Gasteiger partial charge in [0.2, 0.25) is 0 Å². The third-order valence-corrected chi connectivity index (χ3v) is 4.63. The number of nitrogens with zero attached hydrogens (tertiary/aromatic N) is 1. The number of fused-ring (bicyclic) bond motifs is 1. The molecule has 2 unspecified atom stereocenters. The highest BCUT2D eigenvalue weighted by atomic mass is 16.5. The zero-order valence-electron chi connectivity index (χ0n) is 11.6. The molecule has 1 saturated heterocycles. The Bertz CT molecular complexity index is 446. The molecule has 0 spiro atoms. The van der Waals surface area contributed by atoms with Crippen LogP contribution in [0.2, 0.25) is 0 Å². The largest absolute Gasteiger partial charge is 0.508 e. The molecule has 0 bridgehead atoms. The second kappa shape index (κ2) is 5.51. The fourth-order valence-electron chi connectivity index (χ4n) is 3.63. The van der Waals surface area contributed by atoms with Crippen LogP contribution in [0.3, 0.4) is 0 Å². The maximum atomic E-state index is 10.0. The van der Waals surface area contributed by atoms with Crippen LogP contribution in [0.4, 0.5) is 0 Å². The van der Waals surface area contributed by atoms with Crippen LogP contribution in [0.1, 0.15) is 42.9 Å². The van der Waals surface area contributed by atoms with E-state index >= 15 is 0 Å². The summed E-state index contributed by atoms with van der Waals surface area (Å²) in [5.74, 6) is 0.475. The van der Waals surface area contributed by atoms with Gasteiger partial charge in [0.15, 0.2) is 0 Å². The molecule has 0 radical (unpaired) electrons. The van der Waals surface area contributed by atoms with Crippen molar-refractivity contribution in [1.82, 2.24) is 4.90 Å². The van der Waals surface area contributed by atoms with E-state index in [1.165, 1.54) is 36.8 Å². The van der Waals surface area contributed by atoms with Crippen LogP contribution >= 0.6 is 0 Å². The highest BCUT2D eigenvalue weighted by molar-refractivity contribution is 5.42. The third kappa shape index (κ3) is 2.49. The molecule has 0 aromatic heterocycles. The Hall–Kier alpha value is -1.06. The molecule has 19 heavy (non-hydrogen) atoms. The van der Waals surface area contributed by atoms with Gasteiger partial charge in [0, 0.05) is 19.7 Å². The molecule has 1 fully saturated rings. The zero-order valence-corrected chi connectivity index (χ0v) is 11.6. The number of rotatable bonds is 2. The Balaban J connectivity index is 1.85. The fourth-order valence-corrected chi connectivity index (χ4v) is 3.63. The Morgan fingerprint density at radius 2 is 2.16 bits per heavy atom. The predicted octanol–water partition coefficient (Wildman–Crippen LogP) is 2.88. The molecular formula is C16H23NO2. The van der Waals surface area contributed by atoms with Gasteiger partial charge in [0.1, 0.15) is 5.75 Å².